The number of rotatable bonds is 3. The van der Waals surface area contributed by atoms with Gasteiger partial charge in [-0.2, -0.15) is 0 Å². The molecule has 15 heavy (non-hydrogen) atoms. The van der Waals surface area contributed by atoms with Crippen LogP contribution >= 0.6 is 0 Å². The molecule has 0 saturated carbocycles. The maximum atomic E-state index is 5.54. The second-order valence-electron chi connectivity index (χ2n) is 3.44. The van der Waals surface area contributed by atoms with E-state index in [-0.39, 0.29) is 0 Å². The van der Waals surface area contributed by atoms with Crippen molar-refractivity contribution in [3.8, 4) is 5.88 Å². The van der Waals surface area contributed by atoms with E-state index >= 15 is 0 Å². The Bertz CT molecular complexity index is 434. The molecule has 0 fully saturated rings. The molecule has 1 heterocycles. The molecule has 0 aliphatic heterocycles. The van der Waals surface area contributed by atoms with Crippen molar-refractivity contribution in [1.29, 1.82) is 0 Å². The van der Waals surface area contributed by atoms with E-state index in [0.717, 1.165) is 16.9 Å². The molecule has 0 N–H and O–H groups in total. The Morgan fingerprint density at radius 2 is 1.93 bits per heavy atom. The number of aryl methyl sites for hydroxylation is 1. The first-order valence-corrected chi connectivity index (χ1v) is 4.87. The molecular weight excluding hydrogens is 190 g/mol. The fourth-order valence-corrected chi connectivity index (χ4v) is 1.26. The van der Waals surface area contributed by atoms with E-state index < -0.39 is 0 Å². The second-order valence-corrected chi connectivity index (χ2v) is 3.44. The summed E-state index contributed by atoms with van der Waals surface area (Å²) in [6, 6.07) is 9.98. The lowest BCUT2D eigenvalue weighted by Gasteiger charge is -2.02. The zero-order chi connectivity index (χ0) is 10.7. The molecule has 1 aromatic carbocycles. The van der Waals surface area contributed by atoms with Crippen molar-refractivity contribution in [2.75, 3.05) is 0 Å². The fraction of sp³-hybridized carbons (Fsp3) is 0.250. The van der Waals surface area contributed by atoms with Gasteiger partial charge < -0.3 is 9.26 Å². The van der Waals surface area contributed by atoms with Gasteiger partial charge in [0.05, 0.1) is 5.56 Å². The predicted molar refractivity (Wildman–Crippen MR) is 56.8 cm³/mol. The number of aromatic nitrogens is 1. The molecular formula is C12H13NO2. The van der Waals surface area contributed by atoms with Crippen LogP contribution in [0.2, 0.25) is 0 Å². The zero-order valence-corrected chi connectivity index (χ0v) is 8.86. The van der Waals surface area contributed by atoms with Crippen molar-refractivity contribution in [2.45, 2.75) is 20.5 Å². The summed E-state index contributed by atoms with van der Waals surface area (Å²) in [6.07, 6.45) is 0. The molecule has 0 aliphatic rings. The summed E-state index contributed by atoms with van der Waals surface area (Å²) in [5.74, 6) is 1.38. The van der Waals surface area contributed by atoms with Gasteiger partial charge in [0.2, 0.25) is 0 Å². The van der Waals surface area contributed by atoms with Crippen molar-refractivity contribution in [1.82, 2.24) is 5.16 Å². The molecule has 2 aromatic rings. The van der Waals surface area contributed by atoms with Crippen molar-refractivity contribution < 1.29 is 9.26 Å². The molecule has 0 saturated heterocycles. The number of benzene rings is 1. The summed E-state index contributed by atoms with van der Waals surface area (Å²) in [4.78, 5) is 0. The first-order chi connectivity index (χ1) is 7.27. The van der Waals surface area contributed by atoms with Crippen LogP contribution in [-0.4, -0.2) is 5.16 Å². The highest BCUT2D eigenvalue weighted by atomic mass is 16.5. The van der Waals surface area contributed by atoms with Gasteiger partial charge in [-0.15, -0.1) is 0 Å². The summed E-state index contributed by atoms with van der Waals surface area (Å²) in [6.45, 7) is 4.33. The summed E-state index contributed by atoms with van der Waals surface area (Å²) >= 11 is 0. The van der Waals surface area contributed by atoms with Crippen molar-refractivity contribution >= 4 is 0 Å². The largest absolute Gasteiger partial charge is 0.470 e. The van der Waals surface area contributed by atoms with E-state index in [1.807, 2.05) is 44.2 Å². The Balaban J connectivity index is 2.02. The van der Waals surface area contributed by atoms with E-state index in [4.69, 9.17) is 9.26 Å². The summed E-state index contributed by atoms with van der Waals surface area (Å²) < 4.78 is 10.5. The van der Waals surface area contributed by atoms with Crippen LogP contribution in [0.3, 0.4) is 0 Å². The van der Waals surface area contributed by atoms with Crippen LogP contribution in [0.15, 0.2) is 34.9 Å². The van der Waals surface area contributed by atoms with E-state index in [1.165, 1.54) is 0 Å². The van der Waals surface area contributed by atoms with Gasteiger partial charge in [-0.1, -0.05) is 30.3 Å². The molecule has 78 valence electrons. The highest BCUT2D eigenvalue weighted by Gasteiger charge is 2.08. The maximum absolute atomic E-state index is 5.54. The van der Waals surface area contributed by atoms with Crippen LogP contribution < -0.4 is 4.74 Å². The highest BCUT2D eigenvalue weighted by molar-refractivity contribution is 5.25. The van der Waals surface area contributed by atoms with Crippen LogP contribution in [0.5, 0.6) is 5.88 Å². The van der Waals surface area contributed by atoms with Gasteiger partial charge in [0, 0.05) is 0 Å². The molecule has 0 spiro atoms. The standard InChI is InChI=1S/C12H13NO2/c1-9-10(2)15-13-12(9)14-8-11-6-4-3-5-7-11/h3-7H,8H2,1-2H3. The summed E-state index contributed by atoms with van der Waals surface area (Å²) in [5.41, 5.74) is 2.09. The van der Waals surface area contributed by atoms with Gasteiger partial charge in [0.15, 0.2) is 0 Å². The van der Waals surface area contributed by atoms with Crippen molar-refractivity contribution in [3.05, 3.63) is 47.2 Å². The van der Waals surface area contributed by atoms with Gasteiger partial charge in [-0.25, -0.2) is 0 Å². The molecule has 0 unspecified atom stereocenters. The minimum Gasteiger partial charge on any atom is -0.470 e. The third kappa shape index (κ3) is 2.18. The zero-order valence-electron chi connectivity index (χ0n) is 8.86. The van der Waals surface area contributed by atoms with Crippen LogP contribution in [0.1, 0.15) is 16.9 Å². The van der Waals surface area contributed by atoms with E-state index in [9.17, 15) is 0 Å². The molecule has 0 aliphatic carbocycles. The average Bonchev–Trinajstić information content (AvgIpc) is 2.59. The summed E-state index contributed by atoms with van der Waals surface area (Å²) in [7, 11) is 0. The Morgan fingerprint density at radius 3 is 2.53 bits per heavy atom. The van der Waals surface area contributed by atoms with E-state index in [1.54, 1.807) is 0 Å². The molecule has 2 rings (SSSR count). The van der Waals surface area contributed by atoms with Gasteiger partial charge >= 0.3 is 0 Å². The second kappa shape index (κ2) is 4.17. The van der Waals surface area contributed by atoms with Crippen LogP contribution in [0, 0.1) is 13.8 Å². The Labute approximate surface area is 88.7 Å². The lowest BCUT2D eigenvalue weighted by molar-refractivity contribution is 0.266. The quantitative estimate of drug-likeness (QED) is 0.769. The van der Waals surface area contributed by atoms with Gasteiger partial charge in [-0.3, -0.25) is 0 Å². The smallest absolute Gasteiger partial charge is 0.257 e. The van der Waals surface area contributed by atoms with Crippen LogP contribution in [0.25, 0.3) is 0 Å². The van der Waals surface area contributed by atoms with Crippen molar-refractivity contribution in [3.63, 3.8) is 0 Å². The average molecular weight is 203 g/mol. The molecule has 0 radical (unpaired) electrons. The van der Waals surface area contributed by atoms with E-state index in [0.29, 0.717) is 12.5 Å². The Morgan fingerprint density at radius 1 is 1.20 bits per heavy atom. The topological polar surface area (TPSA) is 35.3 Å². The molecule has 3 heteroatoms. The normalized spacial score (nSPS) is 10.3. The SMILES string of the molecule is Cc1onc(OCc2ccccc2)c1C. The highest BCUT2D eigenvalue weighted by Crippen LogP contribution is 2.19. The minimum atomic E-state index is 0.521. The Hall–Kier alpha value is -1.77. The third-order valence-electron chi connectivity index (χ3n) is 2.33. The molecule has 0 bridgehead atoms. The fourth-order valence-electron chi connectivity index (χ4n) is 1.26. The van der Waals surface area contributed by atoms with Crippen molar-refractivity contribution in [2.24, 2.45) is 0 Å². The van der Waals surface area contributed by atoms with E-state index in [2.05, 4.69) is 5.16 Å². The lowest BCUT2D eigenvalue weighted by atomic mass is 10.2. The number of hydrogen-bond donors (Lipinski definition) is 0. The first-order valence-electron chi connectivity index (χ1n) is 4.87. The third-order valence-corrected chi connectivity index (χ3v) is 2.33. The minimum absolute atomic E-state index is 0.521. The maximum Gasteiger partial charge on any atom is 0.257 e. The number of hydrogen-bond acceptors (Lipinski definition) is 3. The van der Waals surface area contributed by atoms with Gasteiger partial charge in [0.25, 0.3) is 5.88 Å². The van der Waals surface area contributed by atoms with Gasteiger partial charge in [0.1, 0.15) is 12.4 Å². The lowest BCUT2D eigenvalue weighted by Crippen LogP contribution is -1.96. The molecule has 0 atom stereocenters. The predicted octanol–water partition coefficient (Wildman–Crippen LogP) is 2.87. The number of nitrogens with zero attached hydrogens (tertiary/aromatic N) is 1. The van der Waals surface area contributed by atoms with Gasteiger partial charge in [-0.05, 0) is 24.6 Å². The summed E-state index contributed by atoms with van der Waals surface area (Å²) in [5, 5.41) is 3.83. The van der Waals surface area contributed by atoms with Crippen LogP contribution in [-0.2, 0) is 6.61 Å². The monoisotopic (exact) mass is 203 g/mol. The number of ether oxygens (including phenoxy) is 1. The molecule has 1 aromatic heterocycles. The Kier molecular flexibility index (Phi) is 2.72. The first kappa shape index (κ1) is 9.77. The molecule has 3 nitrogen and oxygen atoms in total. The van der Waals surface area contributed by atoms with Crippen LogP contribution in [0.4, 0.5) is 0 Å². The molecule has 0 amide bonds.